The Kier molecular flexibility index (Phi) is 3.10. The molecule has 5 rings (SSSR count). The van der Waals surface area contributed by atoms with Crippen LogP contribution in [-0.2, 0) is 7.05 Å². The van der Waals surface area contributed by atoms with Crippen molar-refractivity contribution in [3.05, 3.63) is 83.7 Å². The van der Waals surface area contributed by atoms with E-state index >= 15 is 0 Å². The maximum Gasteiger partial charge on any atom is 0.227 e. The van der Waals surface area contributed by atoms with Gasteiger partial charge in [-0.05, 0) is 49.1 Å². The lowest BCUT2D eigenvalue weighted by Gasteiger charge is -2.11. The summed E-state index contributed by atoms with van der Waals surface area (Å²) < 4.78 is 63.8. The molecule has 0 bridgehead atoms. The number of aromatic nitrogens is 2. The Hall–Kier alpha value is -3.46. The molecule has 0 radical (unpaired) electrons. The van der Waals surface area contributed by atoms with Crippen molar-refractivity contribution in [1.29, 1.82) is 0 Å². The van der Waals surface area contributed by atoms with E-state index in [2.05, 4.69) is 35.3 Å². The highest BCUT2D eigenvalue weighted by molar-refractivity contribution is 6.09. The van der Waals surface area contributed by atoms with Crippen molar-refractivity contribution >= 4 is 22.1 Å². The van der Waals surface area contributed by atoms with E-state index in [4.69, 9.17) is 14.0 Å². The fourth-order valence-electron chi connectivity index (χ4n) is 4.14. The van der Waals surface area contributed by atoms with Gasteiger partial charge in [0.2, 0.25) is 11.4 Å². The molecule has 0 aliphatic rings. The third-order valence-electron chi connectivity index (χ3n) is 5.75. The normalized spacial score (nSPS) is 16.2. The van der Waals surface area contributed by atoms with Crippen LogP contribution in [0.3, 0.4) is 0 Å². The van der Waals surface area contributed by atoms with Gasteiger partial charge in [-0.3, -0.25) is 0 Å². The fourth-order valence-corrected chi connectivity index (χ4v) is 4.14. The maximum absolute atomic E-state index is 8.52. The van der Waals surface area contributed by atoms with Crippen molar-refractivity contribution in [3.8, 4) is 22.4 Å². The molecule has 0 atom stereocenters. The van der Waals surface area contributed by atoms with Crippen molar-refractivity contribution in [2.45, 2.75) is 33.4 Å². The molecule has 0 fully saturated rings. The molecule has 0 aliphatic heterocycles. The Balaban J connectivity index is 1.80. The Bertz CT molecular complexity index is 1670. The summed E-state index contributed by atoms with van der Waals surface area (Å²) in [6.45, 7) is -2.23. The van der Waals surface area contributed by atoms with Crippen LogP contribution < -0.4 is 4.57 Å². The highest BCUT2D eigenvalue weighted by Crippen LogP contribution is 2.40. The first kappa shape index (κ1) is 13.1. The van der Waals surface area contributed by atoms with Gasteiger partial charge in [0.15, 0.2) is 11.8 Å². The number of pyridine rings is 2. The van der Waals surface area contributed by atoms with Gasteiger partial charge in [0, 0.05) is 32.1 Å². The fraction of sp³-hybridized carbons (Fsp3) is 0.214. The predicted molar refractivity (Wildman–Crippen MR) is 127 cm³/mol. The van der Waals surface area contributed by atoms with Crippen molar-refractivity contribution in [1.82, 2.24) is 4.98 Å². The van der Waals surface area contributed by atoms with Crippen LogP contribution in [0.1, 0.15) is 46.0 Å². The molecule has 3 heteroatoms. The zero-order chi connectivity index (χ0) is 27.6. The second kappa shape index (κ2) is 7.35. The van der Waals surface area contributed by atoms with Crippen LogP contribution in [0.15, 0.2) is 71.3 Å². The molecule has 31 heavy (non-hydrogen) atoms. The number of rotatable bonds is 3. The smallest absolute Gasteiger partial charge is 0.227 e. The number of nitrogens with zero attached hydrogens (tertiary/aromatic N) is 2. The van der Waals surface area contributed by atoms with Gasteiger partial charge in [0.1, 0.15) is 7.05 Å². The summed E-state index contributed by atoms with van der Waals surface area (Å²) in [5, 5.41) is 1.37. The van der Waals surface area contributed by atoms with E-state index in [1.807, 2.05) is 49.9 Å². The molecule has 0 unspecified atom stereocenters. The molecular weight excluding hydrogens is 380 g/mol. The molecule has 3 heterocycles. The van der Waals surface area contributed by atoms with Gasteiger partial charge in [0.25, 0.3) is 0 Å². The zero-order valence-corrected chi connectivity index (χ0v) is 17.7. The highest BCUT2D eigenvalue weighted by atomic mass is 16.3. The van der Waals surface area contributed by atoms with Gasteiger partial charge in [-0.2, -0.15) is 0 Å². The van der Waals surface area contributed by atoms with Gasteiger partial charge < -0.3 is 4.42 Å². The van der Waals surface area contributed by atoms with Gasteiger partial charge in [-0.1, -0.05) is 55.7 Å². The van der Waals surface area contributed by atoms with Crippen LogP contribution in [0.25, 0.3) is 44.5 Å². The molecule has 3 nitrogen and oxygen atoms in total. The van der Waals surface area contributed by atoms with E-state index < -0.39 is 19.6 Å². The molecule has 0 saturated heterocycles. The van der Waals surface area contributed by atoms with E-state index in [9.17, 15) is 0 Å². The maximum atomic E-state index is 8.52. The first-order chi connectivity index (χ1) is 17.7. The molecule has 0 saturated carbocycles. The zero-order valence-electron chi connectivity index (χ0n) is 24.7. The summed E-state index contributed by atoms with van der Waals surface area (Å²) in [4.78, 5) is 4.31. The lowest BCUT2D eigenvalue weighted by molar-refractivity contribution is -0.659. The Morgan fingerprint density at radius 1 is 0.968 bits per heavy atom. The summed E-state index contributed by atoms with van der Waals surface area (Å²) >= 11 is 0. The molecule has 0 aliphatic carbocycles. The minimum atomic E-state index is -3.13. The second-order valence-corrected chi connectivity index (χ2v) is 7.91. The van der Waals surface area contributed by atoms with E-state index in [-0.39, 0.29) is 11.4 Å². The van der Waals surface area contributed by atoms with Crippen LogP contribution in [0.5, 0.6) is 0 Å². The molecule has 0 spiro atoms. The summed E-state index contributed by atoms with van der Waals surface area (Å²) in [5.74, 6) is -2.91. The van der Waals surface area contributed by atoms with Crippen LogP contribution in [-0.4, -0.2) is 4.98 Å². The lowest BCUT2D eigenvalue weighted by atomic mass is 9.94. The van der Waals surface area contributed by atoms with E-state index in [1.54, 1.807) is 6.07 Å². The van der Waals surface area contributed by atoms with Crippen LogP contribution in [0.4, 0.5) is 0 Å². The number of fused-ring (bicyclic) bond motifs is 3. The molecule has 0 N–H and O–H groups in total. The van der Waals surface area contributed by atoms with E-state index in [1.165, 1.54) is 6.07 Å². The van der Waals surface area contributed by atoms with E-state index in [0.717, 1.165) is 38.9 Å². The highest BCUT2D eigenvalue weighted by Gasteiger charge is 2.25. The topological polar surface area (TPSA) is 29.9 Å². The predicted octanol–water partition coefficient (Wildman–Crippen LogP) is 6.88. The Morgan fingerprint density at radius 3 is 2.52 bits per heavy atom. The van der Waals surface area contributed by atoms with E-state index in [0.29, 0.717) is 11.0 Å². The average Bonchev–Trinajstić information content (AvgIpc) is 3.20. The summed E-state index contributed by atoms with van der Waals surface area (Å²) in [5.41, 5.74) is 6.22. The monoisotopic (exact) mass is 414 g/mol. The van der Waals surface area contributed by atoms with Crippen molar-refractivity contribution in [2.75, 3.05) is 0 Å². The minimum Gasteiger partial charge on any atom is -0.437 e. The van der Waals surface area contributed by atoms with Gasteiger partial charge in [-0.15, -0.1) is 0 Å². The summed E-state index contributed by atoms with van der Waals surface area (Å²) in [7, 11) is 1.96. The molecule has 3 aromatic heterocycles. The third kappa shape index (κ3) is 3.21. The number of furan rings is 1. The SMILES string of the molecule is [2H]C([2H])([2H])C([2H])(c1ccc2c(n1)oc1c(-c3c(-c4ccc(C)cc4)ccc[n+]3C)c(C)ccc12)C([2H])([2H])[2H]. The first-order valence-electron chi connectivity index (χ1n) is 13.6. The number of benzene rings is 2. The Morgan fingerprint density at radius 2 is 1.74 bits per heavy atom. The molecule has 0 amide bonds. The largest absolute Gasteiger partial charge is 0.437 e. The lowest BCUT2D eigenvalue weighted by Crippen LogP contribution is -2.31. The van der Waals surface area contributed by atoms with Gasteiger partial charge >= 0.3 is 0 Å². The first-order valence-corrected chi connectivity index (χ1v) is 10.1. The van der Waals surface area contributed by atoms with Crippen LogP contribution in [0.2, 0.25) is 0 Å². The average molecular weight is 415 g/mol. The van der Waals surface area contributed by atoms with Crippen LogP contribution >= 0.6 is 0 Å². The summed E-state index contributed by atoms with van der Waals surface area (Å²) in [6.07, 6.45) is 1.96. The number of aryl methyl sites for hydroxylation is 3. The molecule has 5 aromatic rings. The number of hydrogen-bond acceptors (Lipinski definition) is 2. The van der Waals surface area contributed by atoms with Crippen molar-refractivity contribution in [2.24, 2.45) is 7.05 Å². The standard InChI is InChI=1S/C28H27N2O/c1-17(2)24-15-14-23-22-13-10-19(4)25(27(22)31-28(23)29-24)26-21(7-6-16-30(26)5)20-11-8-18(3)9-12-20/h6-17H,1-5H3/q+1/i1D3,2D3,17D. The number of hydrogen-bond donors (Lipinski definition) is 0. The van der Waals surface area contributed by atoms with Crippen LogP contribution in [0, 0.1) is 13.8 Å². The minimum absolute atomic E-state index is 0.0879. The summed E-state index contributed by atoms with van der Waals surface area (Å²) in [6, 6.07) is 19.1. The molecule has 154 valence electrons. The quantitative estimate of drug-likeness (QED) is 0.301. The second-order valence-electron chi connectivity index (χ2n) is 7.91. The Labute approximate surface area is 192 Å². The van der Waals surface area contributed by atoms with Crippen molar-refractivity contribution in [3.63, 3.8) is 0 Å². The molecule has 2 aromatic carbocycles. The van der Waals surface area contributed by atoms with Crippen molar-refractivity contribution < 1.29 is 18.6 Å². The van der Waals surface area contributed by atoms with Gasteiger partial charge in [0.05, 0.1) is 11.1 Å². The molecular formula is C28H27N2O+. The van der Waals surface area contributed by atoms with Gasteiger partial charge in [-0.25, -0.2) is 9.55 Å². The third-order valence-corrected chi connectivity index (χ3v) is 5.75.